The molecule has 1 saturated heterocycles. The Labute approximate surface area is 175 Å². The Morgan fingerprint density at radius 2 is 2.00 bits per heavy atom. The molecule has 0 radical (unpaired) electrons. The number of likely N-dealkylation sites (tertiary alicyclic amines) is 1. The molecule has 0 aromatic carbocycles. The van der Waals surface area contributed by atoms with Gasteiger partial charge in [0.05, 0.1) is 24.6 Å². The Hall–Kier alpha value is -3.30. The quantitative estimate of drug-likeness (QED) is 0.731. The van der Waals surface area contributed by atoms with Crippen molar-refractivity contribution < 1.29 is 19.0 Å². The summed E-state index contributed by atoms with van der Waals surface area (Å²) in [6, 6.07) is 3.53. The summed E-state index contributed by atoms with van der Waals surface area (Å²) in [4.78, 5) is 26.5. The molecule has 10 heteroatoms. The van der Waals surface area contributed by atoms with Crippen LogP contribution in [-0.4, -0.2) is 58.4 Å². The number of anilines is 3. The summed E-state index contributed by atoms with van der Waals surface area (Å²) in [6.07, 6.45) is 2.23. The highest BCUT2D eigenvalue weighted by Gasteiger charge is 2.27. The van der Waals surface area contributed by atoms with Crippen LogP contribution in [0, 0.1) is 6.92 Å². The van der Waals surface area contributed by atoms with E-state index in [1.54, 1.807) is 11.0 Å². The van der Waals surface area contributed by atoms with Crippen LogP contribution in [0.5, 0.6) is 11.6 Å². The lowest BCUT2D eigenvalue weighted by atomic mass is 10.1. The number of nitrogens with zero attached hydrogens (tertiary/aromatic N) is 4. The molecule has 1 fully saturated rings. The van der Waals surface area contributed by atoms with E-state index in [9.17, 15) is 4.79 Å². The Morgan fingerprint density at radius 3 is 2.63 bits per heavy atom. The van der Waals surface area contributed by atoms with Crippen LogP contribution >= 0.6 is 0 Å². The van der Waals surface area contributed by atoms with Crippen LogP contribution in [0.4, 0.5) is 22.1 Å². The Bertz CT molecular complexity index is 884. The van der Waals surface area contributed by atoms with Crippen LogP contribution in [-0.2, 0) is 4.74 Å². The number of nitrogens with two attached hydrogens (primary N) is 1. The third-order valence-electron chi connectivity index (χ3n) is 4.65. The first-order valence-electron chi connectivity index (χ1n) is 9.88. The third-order valence-corrected chi connectivity index (χ3v) is 4.65. The second kappa shape index (κ2) is 9.47. The standard InChI is InChI=1S/C20H28N6O4/c1-12(2)29-20(27)26-9-7-14(8-10-26)30-19-17(28-4)18(22-11-23-19)25-15-5-6-16(21)24-13(15)3/h5-6,11-12,14H,7-10H2,1-4H3,(H2,21,24)(H,22,23,25). The summed E-state index contributed by atoms with van der Waals surface area (Å²) < 4.78 is 16.9. The molecule has 2 aromatic rings. The number of pyridine rings is 1. The van der Waals surface area contributed by atoms with Gasteiger partial charge < -0.3 is 30.2 Å². The summed E-state index contributed by atoms with van der Waals surface area (Å²) in [7, 11) is 1.54. The van der Waals surface area contributed by atoms with Gasteiger partial charge in [-0.3, -0.25) is 0 Å². The van der Waals surface area contributed by atoms with Crippen molar-refractivity contribution in [2.45, 2.75) is 45.8 Å². The van der Waals surface area contributed by atoms with E-state index < -0.39 is 0 Å². The van der Waals surface area contributed by atoms with Crippen molar-refractivity contribution in [1.82, 2.24) is 19.9 Å². The number of hydrogen-bond acceptors (Lipinski definition) is 9. The molecule has 1 aliphatic rings. The molecule has 0 unspecified atom stereocenters. The van der Waals surface area contributed by atoms with Gasteiger partial charge in [-0.1, -0.05) is 0 Å². The van der Waals surface area contributed by atoms with Crippen molar-refractivity contribution in [1.29, 1.82) is 0 Å². The van der Waals surface area contributed by atoms with E-state index in [1.807, 2.05) is 26.8 Å². The van der Waals surface area contributed by atoms with Crippen molar-refractivity contribution in [2.24, 2.45) is 0 Å². The topological polar surface area (TPSA) is 125 Å². The number of aryl methyl sites for hydroxylation is 1. The second-order valence-corrected chi connectivity index (χ2v) is 7.29. The molecule has 0 bridgehead atoms. The average Bonchev–Trinajstić information content (AvgIpc) is 2.70. The van der Waals surface area contributed by atoms with Crippen molar-refractivity contribution >= 4 is 23.4 Å². The number of hydrogen-bond donors (Lipinski definition) is 2. The maximum atomic E-state index is 12.0. The zero-order chi connectivity index (χ0) is 21.7. The third kappa shape index (κ3) is 5.19. The molecule has 0 saturated carbocycles. The van der Waals surface area contributed by atoms with Crippen molar-refractivity contribution in [2.75, 3.05) is 31.2 Å². The molecule has 30 heavy (non-hydrogen) atoms. The molecule has 162 valence electrons. The van der Waals surface area contributed by atoms with Crippen LogP contribution in [0.1, 0.15) is 32.4 Å². The number of carbonyl (C=O) groups is 1. The summed E-state index contributed by atoms with van der Waals surface area (Å²) >= 11 is 0. The van der Waals surface area contributed by atoms with E-state index in [-0.39, 0.29) is 18.3 Å². The number of ether oxygens (including phenoxy) is 3. The summed E-state index contributed by atoms with van der Waals surface area (Å²) in [6.45, 7) is 6.64. The normalized spacial score (nSPS) is 14.5. The van der Waals surface area contributed by atoms with Gasteiger partial charge in [0.15, 0.2) is 5.82 Å². The first kappa shape index (κ1) is 21.4. The number of aromatic nitrogens is 3. The summed E-state index contributed by atoms with van der Waals surface area (Å²) in [5, 5.41) is 3.19. The lowest BCUT2D eigenvalue weighted by Crippen LogP contribution is -2.42. The fourth-order valence-corrected chi connectivity index (χ4v) is 3.14. The molecule has 3 N–H and O–H groups in total. The maximum Gasteiger partial charge on any atom is 0.410 e. The fraction of sp³-hybridized carbons (Fsp3) is 0.500. The van der Waals surface area contributed by atoms with E-state index >= 15 is 0 Å². The highest BCUT2D eigenvalue weighted by Crippen LogP contribution is 2.35. The lowest BCUT2D eigenvalue weighted by molar-refractivity contribution is 0.0500. The van der Waals surface area contributed by atoms with Crippen molar-refractivity contribution in [3.05, 3.63) is 24.2 Å². The average molecular weight is 416 g/mol. The maximum absolute atomic E-state index is 12.0. The van der Waals surface area contributed by atoms with Gasteiger partial charge in [0.2, 0.25) is 5.75 Å². The van der Waals surface area contributed by atoms with Gasteiger partial charge in [0, 0.05) is 25.9 Å². The van der Waals surface area contributed by atoms with Crippen LogP contribution in [0.15, 0.2) is 18.5 Å². The van der Waals surface area contributed by atoms with Gasteiger partial charge in [-0.2, -0.15) is 4.98 Å². The van der Waals surface area contributed by atoms with E-state index in [0.717, 1.165) is 11.4 Å². The molecule has 2 aromatic heterocycles. The molecule has 10 nitrogen and oxygen atoms in total. The minimum absolute atomic E-state index is 0.0929. The Kier molecular flexibility index (Phi) is 6.76. The molecular formula is C20H28N6O4. The van der Waals surface area contributed by atoms with Crippen molar-refractivity contribution in [3.63, 3.8) is 0 Å². The van der Waals surface area contributed by atoms with Crippen LogP contribution < -0.4 is 20.5 Å². The zero-order valence-electron chi connectivity index (χ0n) is 17.7. The van der Waals surface area contributed by atoms with Gasteiger partial charge in [-0.25, -0.2) is 14.8 Å². The molecule has 1 amide bonds. The van der Waals surface area contributed by atoms with Crippen LogP contribution in [0.25, 0.3) is 0 Å². The predicted octanol–water partition coefficient (Wildman–Crippen LogP) is 2.90. The van der Waals surface area contributed by atoms with Gasteiger partial charge in [0.1, 0.15) is 18.2 Å². The predicted molar refractivity (Wildman–Crippen MR) is 112 cm³/mol. The van der Waals surface area contributed by atoms with Crippen molar-refractivity contribution in [3.8, 4) is 11.6 Å². The first-order chi connectivity index (χ1) is 14.4. The number of nitrogen functional groups attached to an aromatic ring is 1. The number of carbonyl (C=O) groups excluding carboxylic acids is 1. The number of nitrogens with one attached hydrogen (secondary N) is 1. The number of amides is 1. The zero-order valence-corrected chi connectivity index (χ0v) is 17.7. The highest BCUT2D eigenvalue weighted by molar-refractivity contribution is 5.68. The van der Waals surface area contributed by atoms with Gasteiger partial charge in [0.25, 0.3) is 5.88 Å². The fourth-order valence-electron chi connectivity index (χ4n) is 3.14. The minimum Gasteiger partial charge on any atom is -0.489 e. The smallest absolute Gasteiger partial charge is 0.410 e. The second-order valence-electron chi connectivity index (χ2n) is 7.29. The Morgan fingerprint density at radius 1 is 1.27 bits per heavy atom. The number of piperidine rings is 1. The van der Waals surface area contributed by atoms with Crippen LogP contribution in [0.3, 0.4) is 0 Å². The van der Waals surface area contributed by atoms with E-state index in [2.05, 4.69) is 20.3 Å². The molecule has 1 aliphatic heterocycles. The van der Waals surface area contributed by atoms with Crippen LogP contribution in [0.2, 0.25) is 0 Å². The molecule has 3 heterocycles. The minimum atomic E-state index is -0.290. The van der Waals surface area contributed by atoms with Gasteiger partial charge in [-0.15, -0.1) is 0 Å². The van der Waals surface area contributed by atoms with Gasteiger partial charge >= 0.3 is 6.09 Å². The highest BCUT2D eigenvalue weighted by atomic mass is 16.6. The van der Waals surface area contributed by atoms with E-state index in [1.165, 1.54) is 13.4 Å². The largest absolute Gasteiger partial charge is 0.489 e. The molecular weight excluding hydrogens is 388 g/mol. The molecule has 0 spiro atoms. The number of methoxy groups -OCH3 is 1. The van der Waals surface area contributed by atoms with E-state index in [4.69, 9.17) is 19.9 Å². The monoisotopic (exact) mass is 416 g/mol. The summed E-state index contributed by atoms with van der Waals surface area (Å²) in [5.74, 6) is 1.66. The number of rotatable bonds is 6. The van der Waals surface area contributed by atoms with Gasteiger partial charge in [-0.05, 0) is 32.9 Å². The van der Waals surface area contributed by atoms with E-state index in [0.29, 0.717) is 49.2 Å². The Balaban J connectivity index is 1.67. The first-order valence-corrected chi connectivity index (χ1v) is 9.88. The molecule has 3 rings (SSSR count). The lowest BCUT2D eigenvalue weighted by Gasteiger charge is -2.31. The molecule has 0 aliphatic carbocycles. The molecule has 0 atom stereocenters. The SMILES string of the molecule is COc1c(Nc2ccc(N)nc2C)ncnc1OC1CCN(C(=O)OC(C)C)CC1. The summed E-state index contributed by atoms with van der Waals surface area (Å²) in [5.41, 5.74) is 7.20.